The average Bonchev–Trinajstić information content (AvgIpc) is 2.78. The Hall–Kier alpha value is -0.900. The number of carbonyl (C=O) groups is 2. The van der Waals surface area contributed by atoms with Gasteiger partial charge in [0.2, 0.25) is 0 Å². The van der Waals surface area contributed by atoms with E-state index in [2.05, 4.69) is 4.90 Å². The predicted molar refractivity (Wildman–Crippen MR) is 68.2 cm³/mol. The van der Waals surface area contributed by atoms with E-state index in [4.69, 9.17) is 4.74 Å². The van der Waals surface area contributed by atoms with Gasteiger partial charge in [0.15, 0.2) is 5.78 Å². The summed E-state index contributed by atoms with van der Waals surface area (Å²) < 4.78 is 4.81. The third-order valence-corrected chi connectivity index (χ3v) is 4.13. The summed E-state index contributed by atoms with van der Waals surface area (Å²) >= 11 is 0. The molecule has 2 rings (SSSR count). The van der Waals surface area contributed by atoms with Gasteiger partial charge in [0.25, 0.3) is 0 Å². The van der Waals surface area contributed by atoms with Crippen LogP contribution in [0.25, 0.3) is 0 Å². The van der Waals surface area contributed by atoms with Gasteiger partial charge in [0.1, 0.15) is 6.42 Å². The standard InChI is InChI=1S/C14H23NO3/c1-2-18-14(17)9-12(16)10-15-8-4-6-11-5-3-7-13(11)15/h11,13H,2-10H2,1H3. The molecule has 1 aliphatic carbocycles. The predicted octanol–water partition coefficient (Wildman–Crippen LogP) is 1.77. The van der Waals surface area contributed by atoms with Crippen molar-refractivity contribution in [1.82, 2.24) is 4.90 Å². The van der Waals surface area contributed by atoms with Gasteiger partial charge < -0.3 is 4.74 Å². The molecular formula is C14H23NO3. The Kier molecular flexibility index (Phi) is 4.75. The van der Waals surface area contributed by atoms with E-state index in [0.29, 0.717) is 19.2 Å². The maximum absolute atomic E-state index is 11.8. The first-order chi connectivity index (χ1) is 8.70. The summed E-state index contributed by atoms with van der Waals surface area (Å²) in [6.07, 6.45) is 6.26. The molecule has 4 nitrogen and oxygen atoms in total. The largest absolute Gasteiger partial charge is 0.466 e. The highest BCUT2D eigenvalue weighted by atomic mass is 16.5. The van der Waals surface area contributed by atoms with Crippen LogP contribution in [0.1, 0.15) is 45.4 Å². The lowest BCUT2D eigenvalue weighted by molar-refractivity contribution is -0.145. The third-order valence-electron chi connectivity index (χ3n) is 4.13. The van der Waals surface area contributed by atoms with Crippen molar-refractivity contribution in [1.29, 1.82) is 0 Å². The molecule has 0 aromatic carbocycles. The molecular weight excluding hydrogens is 230 g/mol. The number of fused-ring (bicyclic) bond motifs is 1. The second-order valence-electron chi connectivity index (χ2n) is 5.39. The number of hydrogen-bond donors (Lipinski definition) is 0. The van der Waals surface area contributed by atoms with Crippen molar-refractivity contribution in [2.24, 2.45) is 5.92 Å². The fraction of sp³-hybridized carbons (Fsp3) is 0.857. The van der Waals surface area contributed by atoms with Gasteiger partial charge in [0, 0.05) is 6.04 Å². The lowest BCUT2D eigenvalue weighted by Gasteiger charge is -2.37. The van der Waals surface area contributed by atoms with Gasteiger partial charge in [0.05, 0.1) is 13.2 Å². The molecule has 1 saturated heterocycles. The molecule has 0 amide bonds. The number of rotatable bonds is 5. The lowest BCUT2D eigenvalue weighted by Crippen LogP contribution is -2.45. The Bertz CT molecular complexity index is 316. The number of nitrogens with zero attached hydrogens (tertiary/aromatic N) is 1. The van der Waals surface area contributed by atoms with Crippen LogP contribution in [0.15, 0.2) is 0 Å². The van der Waals surface area contributed by atoms with Gasteiger partial charge in [-0.2, -0.15) is 0 Å². The van der Waals surface area contributed by atoms with Crippen molar-refractivity contribution in [3.63, 3.8) is 0 Å². The Morgan fingerprint density at radius 3 is 2.78 bits per heavy atom. The van der Waals surface area contributed by atoms with Crippen molar-refractivity contribution in [3.05, 3.63) is 0 Å². The van der Waals surface area contributed by atoms with Crippen LogP contribution in [0.2, 0.25) is 0 Å². The molecule has 0 bridgehead atoms. The normalized spacial score (nSPS) is 27.8. The Balaban J connectivity index is 1.81. The zero-order valence-electron chi connectivity index (χ0n) is 11.2. The second kappa shape index (κ2) is 6.32. The Morgan fingerprint density at radius 2 is 2.00 bits per heavy atom. The third kappa shape index (κ3) is 3.31. The van der Waals surface area contributed by atoms with Crippen molar-refractivity contribution in [2.75, 3.05) is 19.7 Å². The summed E-state index contributed by atoms with van der Waals surface area (Å²) in [6.45, 7) is 3.55. The van der Waals surface area contributed by atoms with Crippen molar-refractivity contribution >= 4 is 11.8 Å². The van der Waals surface area contributed by atoms with E-state index in [1.54, 1.807) is 6.92 Å². The summed E-state index contributed by atoms with van der Waals surface area (Å²) in [6, 6.07) is 0.588. The van der Waals surface area contributed by atoms with Crippen LogP contribution in [0.4, 0.5) is 0 Å². The van der Waals surface area contributed by atoms with Gasteiger partial charge in [-0.15, -0.1) is 0 Å². The molecule has 0 aromatic rings. The molecule has 0 radical (unpaired) electrons. The number of ketones is 1. The molecule has 0 N–H and O–H groups in total. The number of hydrogen-bond acceptors (Lipinski definition) is 4. The SMILES string of the molecule is CCOC(=O)CC(=O)CN1CCCC2CCCC21. The molecule has 0 spiro atoms. The monoisotopic (exact) mass is 253 g/mol. The van der Waals surface area contributed by atoms with Crippen molar-refractivity contribution in [2.45, 2.75) is 51.5 Å². The molecule has 18 heavy (non-hydrogen) atoms. The highest BCUT2D eigenvalue weighted by molar-refractivity contribution is 5.96. The van der Waals surface area contributed by atoms with E-state index < -0.39 is 0 Å². The van der Waals surface area contributed by atoms with Crippen LogP contribution in [0.3, 0.4) is 0 Å². The minimum atomic E-state index is -0.387. The van der Waals surface area contributed by atoms with Crippen LogP contribution in [0, 0.1) is 5.92 Å². The highest BCUT2D eigenvalue weighted by Gasteiger charge is 2.35. The van der Waals surface area contributed by atoms with E-state index in [0.717, 1.165) is 12.5 Å². The van der Waals surface area contributed by atoms with Crippen LogP contribution >= 0.6 is 0 Å². The number of ether oxygens (including phenoxy) is 1. The van der Waals surface area contributed by atoms with Gasteiger partial charge in [-0.3, -0.25) is 14.5 Å². The molecule has 4 heteroatoms. The fourth-order valence-electron chi connectivity index (χ4n) is 3.41. The van der Waals surface area contributed by atoms with E-state index >= 15 is 0 Å². The maximum atomic E-state index is 11.8. The van der Waals surface area contributed by atoms with E-state index in [9.17, 15) is 9.59 Å². The molecule has 2 unspecified atom stereocenters. The molecule has 1 aliphatic heterocycles. The topological polar surface area (TPSA) is 46.6 Å². The van der Waals surface area contributed by atoms with Crippen LogP contribution in [-0.2, 0) is 14.3 Å². The first-order valence-electron chi connectivity index (χ1n) is 7.12. The quantitative estimate of drug-likeness (QED) is 0.553. The Morgan fingerprint density at radius 1 is 1.22 bits per heavy atom. The maximum Gasteiger partial charge on any atom is 0.313 e. The summed E-state index contributed by atoms with van der Waals surface area (Å²) in [5.74, 6) is 0.401. The zero-order chi connectivity index (χ0) is 13.0. The van der Waals surface area contributed by atoms with Gasteiger partial charge in [-0.05, 0) is 45.1 Å². The van der Waals surface area contributed by atoms with Crippen molar-refractivity contribution < 1.29 is 14.3 Å². The zero-order valence-corrected chi connectivity index (χ0v) is 11.2. The van der Waals surface area contributed by atoms with E-state index in [-0.39, 0.29) is 18.2 Å². The second-order valence-corrected chi connectivity index (χ2v) is 5.39. The number of esters is 1. The van der Waals surface area contributed by atoms with Crippen LogP contribution < -0.4 is 0 Å². The molecule has 2 atom stereocenters. The van der Waals surface area contributed by atoms with E-state index in [1.165, 1.54) is 32.1 Å². The first-order valence-corrected chi connectivity index (χ1v) is 7.12. The summed E-state index contributed by atoms with van der Waals surface area (Å²) in [5, 5.41) is 0. The summed E-state index contributed by atoms with van der Waals surface area (Å²) in [5.41, 5.74) is 0. The summed E-state index contributed by atoms with van der Waals surface area (Å²) in [4.78, 5) is 25.4. The highest BCUT2D eigenvalue weighted by Crippen LogP contribution is 2.36. The molecule has 2 aliphatic rings. The molecule has 102 valence electrons. The van der Waals surface area contributed by atoms with Gasteiger partial charge in [-0.25, -0.2) is 0 Å². The molecule has 1 heterocycles. The molecule has 1 saturated carbocycles. The van der Waals surface area contributed by atoms with E-state index in [1.807, 2.05) is 0 Å². The number of carbonyl (C=O) groups excluding carboxylic acids is 2. The van der Waals surface area contributed by atoms with Crippen LogP contribution in [-0.4, -0.2) is 42.4 Å². The van der Waals surface area contributed by atoms with Gasteiger partial charge >= 0.3 is 5.97 Å². The smallest absolute Gasteiger partial charge is 0.313 e. The van der Waals surface area contributed by atoms with Crippen LogP contribution in [0.5, 0.6) is 0 Å². The lowest BCUT2D eigenvalue weighted by atomic mass is 9.92. The summed E-state index contributed by atoms with van der Waals surface area (Å²) in [7, 11) is 0. The van der Waals surface area contributed by atoms with Gasteiger partial charge in [-0.1, -0.05) is 6.42 Å². The number of Topliss-reactive ketones (excluding diaryl/α,β-unsaturated/α-hetero) is 1. The number of piperidine rings is 1. The fourth-order valence-corrected chi connectivity index (χ4v) is 3.41. The number of likely N-dealkylation sites (tertiary alicyclic amines) is 1. The molecule has 0 aromatic heterocycles. The Labute approximate surface area is 109 Å². The minimum absolute atomic E-state index is 0.000926. The first kappa shape index (κ1) is 13.5. The minimum Gasteiger partial charge on any atom is -0.466 e. The molecule has 2 fully saturated rings. The average molecular weight is 253 g/mol. The van der Waals surface area contributed by atoms with Crippen molar-refractivity contribution in [3.8, 4) is 0 Å².